The molecule has 0 unspecified atom stereocenters. The fraction of sp³-hybridized carbons (Fsp3) is 0.750. The molecule has 3 heterocycles. The minimum absolute atomic E-state index is 0.0223. The molecule has 0 bridgehead atoms. The summed E-state index contributed by atoms with van der Waals surface area (Å²) in [5.41, 5.74) is 0.642. The van der Waals surface area contributed by atoms with Gasteiger partial charge in [0.15, 0.2) is 5.82 Å². The third-order valence-corrected chi connectivity index (χ3v) is 5.23. The molecule has 1 aliphatic carbocycles. The van der Waals surface area contributed by atoms with E-state index < -0.39 is 0 Å². The van der Waals surface area contributed by atoms with E-state index >= 15 is 0 Å². The number of morpholine rings is 1. The van der Waals surface area contributed by atoms with E-state index in [-0.39, 0.29) is 17.5 Å². The molecule has 2 atom stereocenters. The number of rotatable bonds is 2. The minimum Gasteiger partial charge on any atom is -0.377 e. The number of carbonyl (C=O) groups is 1. The van der Waals surface area contributed by atoms with Crippen LogP contribution in [0.5, 0.6) is 0 Å². The van der Waals surface area contributed by atoms with Gasteiger partial charge in [-0.2, -0.15) is 5.10 Å². The van der Waals surface area contributed by atoms with Gasteiger partial charge in [-0.25, -0.2) is 0 Å². The fourth-order valence-corrected chi connectivity index (χ4v) is 4.05. The number of amides is 1. The van der Waals surface area contributed by atoms with Crippen LogP contribution in [0.1, 0.15) is 50.1 Å². The summed E-state index contributed by atoms with van der Waals surface area (Å²) < 4.78 is 7.50. The normalized spacial score (nSPS) is 29.6. The van der Waals surface area contributed by atoms with Crippen molar-refractivity contribution in [1.29, 1.82) is 0 Å². The van der Waals surface area contributed by atoms with Gasteiger partial charge in [-0.1, -0.05) is 13.8 Å². The number of anilines is 1. The van der Waals surface area contributed by atoms with Gasteiger partial charge in [-0.15, -0.1) is 0 Å². The van der Waals surface area contributed by atoms with Crippen LogP contribution in [0.4, 0.5) is 5.82 Å². The van der Waals surface area contributed by atoms with Crippen molar-refractivity contribution >= 4 is 11.7 Å². The van der Waals surface area contributed by atoms with Gasteiger partial charge in [0.2, 0.25) is 0 Å². The second-order valence-electron chi connectivity index (χ2n) is 7.25. The molecule has 1 spiro atoms. The lowest BCUT2D eigenvalue weighted by atomic mass is 9.92. The predicted octanol–water partition coefficient (Wildman–Crippen LogP) is 1.58. The molecule has 1 N–H and O–H groups in total. The van der Waals surface area contributed by atoms with Crippen molar-refractivity contribution in [3.05, 3.63) is 11.8 Å². The molecule has 1 aromatic rings. The van der Waals surface area contributed by atoms with Crippen LogP contribution in [0.15, 0.2) is 6.07 Å². The summed E-state index contributed by atoms with van der Waals surface area (Å²) in [5.74, 6) is 1.37. The summed E-state index contributed by atoms with van der Waals surface area (Å²) in [4.78, 5) is 14.7. The minimum atomic E-state index is -0.0574. The number of nitrogens with one attached hydrogen (secondary N) is 1. The number of nitrogens with zero attached hydrogens (tertiary/aromatic N) is 3. The summed E-state index contributed by atoms with van der Waals surface area (Å²) in [6.45, 7) is 8.83. The highest BCUT2D eigenvalue weighted by atomic mass is 16.5. The zero-order chi connectivity index (χ0) is 15.5. The number of carbonyl (C=O) groups excluding carboxylic acids is 1. The van der Waals surface area contributed by atoms with Gasteiger partial charge in [0.05, 0.1) is 30.8 Å². The number of hydrogen-bond donors (Lipinski definition) is 1. The van der Waals surface area contributed by atoms with E-state index in [0.717, 1.165) is 31.8 Å². The fourth-order valence-electron chi connectivity index (χ4n) is 4.05. The van der Waals surface area contributed by atoms with E-state index in [0.29, 0.717) is 24.3 Å². The molecular weight excluding hydrogens is 280 g/mol. The summed E-state index contributed by atoms with van der Waals surface area (Å²) in [7, 11) is 0. The number of fused-ring (bicyclic) bond motifs is 1. The first-order valence-electron chi connectivity index (χ1n) is 8.28. The van der Waals surface area contributed by atoms with Gasteiger partial charge >= 0.3 is 0 Å². The van der Waals surface area contributed by atoms with E-state index in [2.05, 4.69) is 31.0 Å². The summed E-state index contributed by atoms with van der Waals surface area (Å²) in [6, 6.07) is 2.49. The maximum Gasteiger partial charge on any atom is 0.270 e. The second-order valence-corrected chi connectivity index (χ2v) is 7.25. The first-order chi connectivity index (χ1) is 10.5. The van der Waals surface area contributed by atoms with Crippen LogP contribution >= 0.6 is 0 Å². The van der Waals surface area contributed by atoms with Gasteiger partial charge in [0.25, 0.3) is 5.91 Å². The molecule has 3 aliphatic rings. The van der Waals surface area contributed by atoms with Crippen molar-refractivity contribution in [2.75, 3.05) is 24.7 Å². The van der Waals surface area contributed by atoms with Gasteiger partial charge in [-0.05, 0) is 25.7 Å². The lowest BCUT2D eigenvalue weighted by Gasteiger charge is -2.36. The summed E-state index contributed by atoms with van der Waals surface area (Å²) in [5, 5.41) is 8.08. The van der Waals surface area contributed by atoms with Gasteiger partial charge in [0, 0.05) is 12.6 Å². The largest absolute Gasteiger partial charge is 0.377 e. The lowest BCUT2D eigenvalue weighted by molar-refractivity contribution is 0.0826. The van der Waals surface area contributed by atoms with Crippen molar-refractivity contribution in [3.63, 3.8) is 0 Å². The van der Waals surface area contributed by atoms with E-state index in [1.54, 1.807) is 0 Å². The van der Waals surface area contributed by atoms with Crippen LogP contribution in [0.3, 0.4) is 0 Å². The highest BCUT2D eigenvalue weighted by Crippen LogP contribution is 2.50. The van der Waals surface area contributed by atoms with Crippen LogP contribution in [-0.4, -0.2) is 47.0 Å². The number of aromatic nitrogens is 2. The highest BCUT2D eigenvalue weighted by Gasteiger charge is 2.56. The monoisotopic (exact) mass is 304 g/mol. The molecule has 6 nitrogen and oxygen atoms in total. The predicted molar refractivity (Wildman–Crippen MR) is 83.2 cm³/mol. The van der Waals surface area contributed by atoms with Crippen LogP contribution in [0.2, 0.25) is 0 Å². The van der Waals surface area contributed by atoms with Crippen LogP contribution in [-0.2, 0) is 4.74 Å². The Morgan fingerprint density at radius 1 is 1.45 bits per heavy atom. The van der Waals surface area contributed by atoms with Crippen molar-refractivity contribution in [3.8, 4) is 0 Å². The van der Waals surface area contributed by atoms with E-state index in [1.165, 1.54) is 0 Å². The van der Waals surface area contributed by atoms with Crippen LogP contribution < -0.4 is 10.2 Å². The van der Waals surface area contributed by atoms with Crippen molar-refractivity contribution in [2.24, 2.45) is 5.92 Å². The maximum absolute atomic E-state index is 12.5. The Balaban J connectivity index is 1.74. The Morgan fingerprint density at radius 3 is 2.86 bits per heavy atom. The Hall–Kier alpha value is -1.56. The first-order valence-corrected chi connectivity index (χ1v) is 8.28. The van der Waals surface area contributed by atoms with E-state index in [1.807, 2.05) is 10.7 Å². The lowest BCUT2D eigenvalue weighted by Crippen LogP contribution is -2.51. The molecule has 4 rings (SSSR count). The van der Waals surface area contributed by atoms with Crippen molar-refractivity contribution in [1.82, 2.24) is 15.1 Å². The molecule has 1 aromatic heterocycles. The van der Waals surface area contributed by atoms with Crippen LogP contribution in [0.25, 0.3) is 0 Å². The molecular formula is C16H24N4O2. The smallest absolute Gasteiger partial charge is 0.270 e. The first kappa shape index (κ1) is 14.1. The average Bonchev–Trinajstić information content (AvgIpc) is 3.07. The SMILES string of the molecule is CC(C)[C@@H]1n2nc(N3CCOC[C@H]3C)cc2C(=O)NC12CC2. The molecule has 1 saturated carbocycles. The van der Waals surface area contributed by atoms with Crippen molar-refractivity contribution < 1.29 is 9.53 Å². The van der Waals surface area contributed by atoms with E-state index in [9.17, 15) is 4.79 Å². The molecule has 120 valence electrons. The quantitative estimate of drug-likeness (QED) is 0.901. The Labute approximate surface area is 130 Å². The standard InChI is InChI=1S/C16H24N4O2/c1-10(2)14-16(4-5-16)17-15(21)12-8-13(18-20(12)14)19-6-7-22-9-11(19)3/h8,10-11,14H,4-7,9H2,1-3H3,(H,17,21)/t11-,14+/m1/s1. The third kappa shape index (κ3) is 1.96. The van der Waals surface area contributed by atoms with Gasteiger partial charge < -0.3 is 15.0 Å². The topological polar surface area (TPSA) is 59.4 Å². The molecule has 22 heavy (non-hydrogen) atoms. The zero-order valence-corrected chi connectivity index (χ0v) is 13.5. The van der Waals surface area contributed by atoms with Crippen LogP contribution in [0, 0.1) is 5.92 Å². The maximum atomic E-state index is 12.5. The van der Waals surface area contributed by atoms with Gasteiger partial charge in [-0.3, -0.25) is 9.48 Å². The Kier molecular flexibility index (Phi) is 3.01. The molecule has 0 aromatic carbocycles. The Morgan fingerprint density at radius 2 is 2.23 bits per heavy atom. The van der Waals surface area contributed by atoms with E-state index in [4.69, 9.17) is 9.84 Å². The van der Waals surface area contributed by atoms with Gasteiger partial charge in [0.1, 0.15) is 5.69 Å². The average molecular weight is 304 g/mol. The molecule has 2 fully saturated rings. The zero-order valence-electron chi connectivity index (χ0n) is 13.5. The summed E-state index contributed by atoms with van der Waals surface area (Å²) in [6.07, 6.45) is 2.12. The Bertz CT molecular complexity index is 605. The highest BCUT2D eigenvalue weighted by molar-refractivity contribution is 5.95. The summed E-state index contributed by atoms with van der Waals surface area (Å²) >= 11 is 0. The number of ether oxygens (including phenoxy) is 1. The number of hydrogen-bond acceptors (Lipinski definition) is 4. The molecule has 6 heteroatoms. The van der Waals surface area contributed by atoms with Crippen molar-refractivity contribution in [2.45, 2.75) is 51.2 Å². The third-order valence-electron chi connectivity index (χ3n) is 5.23. The molecule has 1 saturated heterocycles. The molecule has 2 aliphatic heterocycles. The second kappa shape index (κ2) is 4.72. The molecule has 0 radical (unpaired) electrons. The molecule has 1 amide bonds.